The van der Waals surface area contributed by atoms with Crippen molar-refractivity contribution in [3.63, 3.8) is 0 Å². The molecule has 3 heteroatoms. The SMILES string of the molecule is C/C(=C\C(C)(C)C)C(=O)N1CCOCC1. The number of allylic oxidation sites excluding steroid dienone is 1. The minimum Gasteiger partial charge on any atom is -0.378 e. The second-order valence-electron chi connectivity index (χ2n) is 5.10. The highest BCUT2D eigenvalue weighted by molar-refractivity contribution is 5.93. The van der Waals surface area contributed by atoms with Crippen LogP contribution in [0.1, 0.15) is 27.7 Å². The Morgan fingerprint density at radius 3 is 2.27 bits per heavy atom. The lowest BCUT2D eigenvalue weighted by Crippen LogP contribution is -2.41. The lowest BCUT2D eigenvalue weighted by molar-refractivity contribution is -0.131. The highest BCUT2D eigenvalue weighted by atomic mass is 16.5. The Morgan fingerprint density at radius 1 is 1.27 bits per heavy atom. The maximum Gasteiger partial charge on any atom is 0.249 e. The van der Waals surface area contributed by atoms with E-state index in [-0.39, 0.29) is 11.3 Å². The average Bonchev–Trinajstić information content (AvgIpc) is 2.15. The van der Waals surface area contributed by atoms with Crippen LogP contribution in [0, 0.1) is 5.41 Å². The first-order valence-corrected chi connectivity index (χ1v) is 5.46. The summed E-state index contributed by atoms with van der Waals surface area (Å²) >= 11 is 0. The Bertz CT molecular complexity index is 257. The minimum absolute atomic E-state index is 0.0615. The molecule has 0 bridgehead atoms. The predicted molar refractivity (Wildman–Crippen MR) is 60.6 cm³/mol. The summed E-state index contributed by atoms with van der Waals surface area (Å²) in [6.45, 7) is 10.9. The summed E-state index contributed by atoms with van der Waals surface area (Å²) in [5.74, 6) is 0.147. The zero-order valence-electron chi connectivity index (χ0n) is 10.2. The fourth-order valence-electron chi connectivity index (χ4n) is 1.73. The van der Waals surface area contributed by atoms with Crippen molar-refractivity contribution in [2.24, 2.45) is 5.41 Å². The first-order valence-electron chi connectivity index (χ1n) is 5.46. The van der Waals surface area contributed by atoms with Crippen molar-refractivity contribution in [1.82, 2.24) is 4.90 Å². The highest BCUT2D eigenvalue weighted by Gasteiger charge is 2.19. The molecule has 3 nitrogen and oxygen atoms in total. The van der Waals surface area contributed by atoms with Gasteiger partial charge in [0.15, 0.2) is 0 Å². The van der Waals surface area contributed by atoms with Crippen LogP contribution in [0.4, 0.5) is 0 Å². The second-order valence-corrected chi connectivity index (χ2v) is 5.10. The number of rotatable bonds is 1. The zero-order valence-corrected chi connectivity index (χ0v) is 10.2. The van der Waals surface area contributed by atoms with E-state index in [9.17, 15) is 4.79 Å². The number of amides is 1. The Morgan fingerprint density at radius 2 is 1.80 bits per heavy atom. The fraction of sp³-hybridized carbons (Fsp3) is 0.750. The molecule has 1 rings (SSSR count). The average molecular weight is 211 g/mol. The van der Waals surface area contributed by atoms with Crippen LogP contribution < -0.4 is 0 Å². The van der Waals surface area contributed by atoms with Crippen molar-refractivity contribution in [3.05, 3.63) is 11.6 Å². The molecular formula is C12H21NO2. The Hall–Kier alpha value is -0.830. The zero-order chi connectivity index (χ0) is 11.5. The van der Waals surface area contributed by atoms with E-state index in [1.165, 1.54) is 0 Å². The van der Waals surface area contributed by atoms with Crippen LogP contribution in [0.5, 0.6) is 0 Å². The third kappa shape index (κ3) is 4.04. The van der Waals surface area contributed by atoms with E-state index in [1.54, 1.807) is 0 Å². The molecule has 0 aromatic carbocycles. The topological polar surface area (TPSA) is 29.5 Å². The standard InChI is InChI=1S/C12H21NO2/c1-10(9-12(2,3)4)11(14)13-5-7-15-8-6-13/h9H,5-8H2,1-4H3/b10-9+. The molecule has 0 unspecified atom stereocenters. The van der Waals surface area contributed by atoms with Gasteiger partial charge < -0.3 is 9.64 Å². The summed E-state index contributed by atoms with van der Waals surface area (Å²) < 4.78 is 5.22. The van der Waals surface area contributed by atoms with Gasteiger partial charge in [0, 0.05) is 18.7 Å². The van der Waals surface area contributed by atoms with Crippen molar-refractivity contribution in [3.8, 4) is 0 Å². The summed E-state index contributed by atoms with van der Waals surface area (Å²) in [6, 6.07) is 0. The molecule has 1 fully saturated rings. The molecule has 1 aliphatic heterocycles. The van der Waals surface area contributed by atoms with E-state index >= 15 is 0 Å². The fourth-order valence-corrected chi connectivity index (χ4v) is 1.73. The third-order valence-corrected chi connectivity index (χ3v) is 2.29. The van der Waals surface area contributed by atoms with Crippen LogP contribution in [-0.2, 0) is 9.53 Å². The summed E-state index contributed by atoms with van der Waals surface area (Å²) in [7, 11) is 0. The van der Waals surface area contributed by atoms with Crippen LogP contribution in [0.15, 0.2) is 11.6 Å². The first-order chi connectivity index (χ1) is 6.90. The van der Waals surface area contributed by atoms with Gasteiger partial charge in [-0.05, 0) is 12.3 Å². The van der Waals surface area contributed by atoms with Crippen LogP contribution in [0.3, 0.4) is 0 Å². The van der Waals surface area contributed by atoms with E-state index in [0.717, 1.165) is 5.57 Å². The smallest absolute Gasteiger partial charge is 0.249 e. The highest BCUT2D eigenvalue weighted by Crippen LogP contribution is 2.18. The molecule has 0 spiro atoms. The number of carbonyl (C=O) groups is 1. The lowest BCUT2D eigenvalue weighted by Gasteiger charge is -2.27. The molecule has 0 atom stereocenters. The number of ether oxygens (including phenoxy) is 1. The van der Waals surface area contributed by atoms with Gasteiger partial charge in [-0.15, -0.1) is 0 Å². The molecule has 1 heterocycles. The largest absolute Gasteiger partial charge is 0.378 e. The van der Waals surface area contributed by atoms with Gasteiger partial charge >= 0.3 is 0 Å². The van der Waals surface area contributed by atoms with Gasteiger partial charge in [0.05, 0.1) is 13.2 Å². The summed E-state index contributed by atoms with van der Waals surface area (Å²) in [5, 5.41) is 0. The molecule has 1 aliphatic rings. The van der Waals surface area contributed by atoms with Gasteiger partial charge in [-0.1, -0.05) is 26.8 Å². The van der Waals surface area contributed by atoms with Gasteiger partial charge in [0.1, 0.15) is 0 Å². The Labute approximate surface area is 92.1 Å². The second kappa shape index (κ2) is 4.79. The predicted octanol–water partition coefficient (Wildman–Crippen LogP) is 1.84. The Balaban J connectivity index is 2.63. The van der Waals surface area contributed by atoms with Crippen LogP contribution in [0.25, 0.3) is 0 Å². The van der Waals surface area contributed by atoms with Crippen molar-refractivity contribution in [1.29, 1.82) is 0 Å². The first kappa shape index (κ1) is 12.2. The van der Waals surface area contributed by atoms with Gasteiger partial charge in [-0.2, -0.15) is 0 Å². The molecule has 15 heavy (non-hydrogen) atoms. The normalized spacial score (nSPS) is 19.2. The third-order valence-electron chi connectivity index (χ3n) is 2.29. The summed E-state index contributed by atoms with van der Waals surface area (Å²) in [5.41, 5.74) is 0.899. The molecular weight excluding hydrogens is 190 g/mol. The minimum atomic E-state index is 0.0615. The van der Waals surface area contributed by atoms with Gasteiger partial charge in [-0.25, -0.2) is 0 Å². The number of nitrogens with zero attached hydrogens (tertiary/aromatic N) is 1. The van der Waals surface area contributed by atoms with Crippen LogP contribution >= 0.6 is 0 Å². The summed E-state index contributed by atoms with van der Waals surface area (Å²) in [6.07, 6.45) is 2.03. The van der Waals surface area contributed by atoms with Gasteiger partial charge in [0.2, 0.25) is 5.91 Å². The van der Waals surface area contributed by atoms with Gasteiger partial charge in [0.25, 0.3) is 0 Å². The van der Waals surface area contributed by atoms with E-state index in [2.05, 4.69) is 20.8 Å². The maximum absolute atomic E-state index is 12.0. The lowest BCUT2D eigenvalue weighted by atomic mass is 9.93. The summed E-state index contributed by atoms with van der Waals surface area (Å²) in [4.78, 5) is 13.8. The number of hydrogen-bond acceptors (Lipinski definition) is 2. The quantitative estimate of drug-likeness (QED) is 0.619. The number of carbonyl (C=O) groups excluding carboxylic acids is 1. The maximum atomic E-state index is 12.0. The van der Waals surface area contributed by atoms with Crippen molar-refractivity contribution < 1.29 is 9.53 Å². The van der Waals surface area contributed by atoms with Crippen molar-refractivity contribution >= 4 is 5.91 Å². The Kier molecular flexibility index (Phi) is 3.91. The van der Waals surface area contributed by atoms with Crippen molar-refractivity contribution in [2.45, 2.75) is 27.7 Å². The molecule has 0 N–H and O–H groups in total. The van der Waals surface area contributed by atoms with Crippen LogP contribution in [0.2, 0.25) is 0 Å². The molecule has 0 saturated carbocycles. The molecule has 0 radical (unpaired) electrons. The van der Waals surface area contributed by atoms with E-state index in [4.69, 9.17) is 4.74 Å². The molecule has 1 amide bonds. The number of hydrogen-bond donors (Lipinski definition) is 0. The van der Waals surface area contributed by atoms with Crippen LogP contribution in [-0.4, -0.2) is 37.1 Å². The van der Waals surface area contributed by atoms with Gasteiger partial charge in [-0.3, -0.25) is 4.79 Å². The molecule has 1 saturated heterocycles. The van der Waals surface area contributed by atoms with E-state index < -0.39 is 0 Å². The monoisotopic (exact) mass is 211 g/mol. The molecule has 0 aromatic heterocycles. The molecule has 0 aliphatic carbocycles. The number of morpholine rings is 1. The van der Waals surface area contributed by atoms with E-state index in [0.29, 0.717) is 26.3 Å². The molecule has 0 aromatic rings. The van der Waals surface area contributed by atoms with E-state index in [1.807, 2.05) is 17.9 Å². The molecule has 86 valence electrons. The van der Waals surface area contributed by atoms with Crippen molar-refractivity contribution in [2.75, 3.05) is 26.3 Å².